The average molecular weight is 265 g/mol. The van der Waals surface area contributed by atoms with E-state index in [0.29, 0.717) is 17.4 Å². The lowest BCUT2D eigenvalue weighted by atomic mass is 10.1. The number of methoxy groups -OCH3 is 1. The molecule has 1 heterocycles. The molecule has 0 bridgehead atoms. The Labute approximate surface area is 114 Å². The van der Waals surface area contributed by atoms with Crippen molar-refractivity contribution in [3.63, 3.8) is 0 Å². The number of hydrogen-bond donors (Lipinski definition) is 1. The molecule has 0 aliphatic rings. The summed E-state index contributed by atoms with van der Waals surface area (Å²) in [5.74, 6) is 0.673. The molecule has 1 aromatic heterocycles. The SMILES string of the molecule is COC(=O)c1ccc(N)c(N(CC(C)C)C(C)C)n1. The summed E-state index contributed by atoms with van der Waals surface area (Å²) in [5, 5.41) is 0. The normalized spacial score (nSPS) is 10.9. The van der Waals surface area contributed by atoms with Crippen molar-refractivity contribution < 1.29 is 9.53 Å². The summed E-state index contributed by atoms with van der Waals surface area (Å²) in [7, 11) is 1.34. The summed E-state index contributed by atoms with van der Waals surface area (Å²) in [5.41, 5.74) is 6.84. The molecular formula is C14H23N3O2. The molecule has 0 amide bonds. The fraction of sp³-hybridized carbons (Fsp3) is 0.571. The molecule has 5 nitrogen and oxygen atoms in total. The van der Waals surface area contributed by atoms with Gasteiger partial charge in [-0.15, -0.1) is 0 Å². The summed E-state index contributed by atoms with van der Waals surface area (Å²) >= 11 is 0. The zero-order valence-electron chi connectivity index (χ0n) is 12.3. The average Bonchev–Trinajstić information content (AvgIpc) is 2.35. The molecule has 2 N–H and O–H groups in total. The van der Waals surface area contributed by atoms with Crippen molar-refractivity contribution in [3.05, 3.63) is 17.8 Å². The molecule has 0 saturated heterocycles. The van der Waals surface area contributed by atoms with Gasteiger partial charge in [-0.25, -0.2) is 9.78 Å². The molecule has 5 heteroatoms. The Morgan fingerprint density at radius 1 is 1.37 bits per heavy atom. The minimum Gasteiger partial charge on any atom is -0.464 e. The highest BCUT2D eigenvalue weighted by Gasteiger charge is 2.18. The zero-order valence-corrected chi connectivity index (χ0v) is 12.3. The van der Waals surface area contributed by atoms with Gasteiger partial charge in [0.1, 0.15) is 0 Å². The Balaban J connectivity index is 3.17. The topological polar surface area (TPSA) is 68.5 Å². The summed E-state index contributed by atoms with van der Waals surface area (Å²) in [6.07, 6.45) is 0. The Hall–Kier alpha value is -1.78. The minimum absolute atomic E-state index is 0.255. The molecule has 0 saturated carbocycles. The van der Waals surface area contributed by atoms with E-state index in [2.05, 4.69) is 37.6 Å². The summed E-state index contributed by atoms with van der Waals surface area (Å²) in [6.45, 7) is 9.26. The van der Waals surface area contributed by atoms with Gasteiger partial charge >= 0.3 is 5.97 Å². The number of nitrogen functional groups attached to an aromatic ring is 1. The van der Waals surface area contributed by atoms with Crippen LogP contribution in [0.4, 0.5) is 11.5 Å². The predicted octanol–water partition coefficient (Wildman–Crippen LogP) is 2.32. The molecular weight excluding hydrogens is 242 g/mol. The fourth-order valence-electron chi connectivity index (χ4n) is 1.84. The number of hydrogen-bond acceptors (Lipinski definition) is 5. The predicted molar refractivity (Wildman–Crippen MR) is 77.3 cm³/mol. The fourth-order valence-corrected chi connectivity index (χ4v) is 1.84. The lowest BCUT2D eigenvalue weighted by molar-refractivity contribution is 0.0594. The number of carbonyl (C=O) groups is 1. The molecule has 0 aliphatic heterocycles. The monoisotopic (exact) mass is 265 g/mol. The second kappa shape index (κ2) is 6.41. The van der Waals surface area contributed by atoms with E-state index in [-0.39, 0.29) is 11.7 Å². The second-order valence-electron chi connectivity index (χ2n) is 5.24. The van der Waals surface area contributed by atoms with E-state index in [9.17, 15) is 4.79 Å². The third-order valence-corrected chi connectivity index (χ3v) is 2.76. The van der Waals surface area contributed by atoms with Gasteiger partial charge in [-0.1, -0.05) is 13.8 Å². The van der Waals surface area contributed by atoms with Crippen LogP contribution in [0, 0.1) is 5.92 Å². The molecule has 0 fully saturated rings. The number of pyridine rings is 1. The van der Waals surface area contributed by atoms with Gasteiger partial charge in [0.25, 0.3) is 0 Å². The molecule has 0 aromatic carbocycles. The van der Waals surface area contributed by atoms with Crippen LogP contribution < -0.4 is 10.6 Å². The van der Waals surface area contributed by atoms with Gasteiger partial charge < -0.3 is 15.4 Å². The standard InChI is InChI=1S/C14H23N3O2/c1-9(2)8-17(10(3)4)13-11(15)6-7-12(16-13)14(18)19-5/h6-7,9-10H,8,15H2,1-5H3. The van der Waals surface area contributed by atoms with Crippen LogP contribution in [0.3, 0.4) is 0 Å². The van der Waals surface area contributed by atoms with Crippen LogP contribution in [0.25, 0.3) is 0 Å². The van der Waals surface area contributed by atoms with Gasteiger partial charge in [0.2, 0.25) is 0 Å². The first-order valence-electron chi connectivity index (χ1n) is 6.48. The smallest absolute Gasteiger partial charge is 0.356 e. The van der Waals surface area contributed by atoms with Crippen molar-refractivity contribution in [1.29, 1.82) is 0 Å². The number of aromatic nitrogens is 1. The third-order valence-electron chi connectivity index (χ3n) is 2.76. The van der Waals surface area contributed by atoms with Crippen LogP contribution >= 0.6 is 0 Å². The molecule has 0 atom stereocenters. The van der Waals surface area contributed by atoms with Gasteiger partial charge in [-0.2, -0.15) is 0 Å². The van der Waals surface area contributed by atoms with E-state index in [0.717, 1.165) is 6.54 Å². The molecule has 1 aromatic rings. The van der Waals surface area contributed by atoms with Gasteiger partial charge in [0.15, 0.2) is 11.5 Å². The van der Waals surface area contributed by atoms with Crippen molar-refractivity contribution in [2.75, 3.05) is 24.3 Å². The molecule has 0 spiro atoms. The highest BCUT2D eigenvalue weighted by molar-refractivity contribution is 5.88. The van der Waals surface area contributed by atoms with Gasteiger partial charge in [-0.3, -0.25) is 0 Å². The Morgan fingerprint density at radius 2 is 2.00 bits per heavy atom. The maximum atomic E-state index is 11.5. The van der Waals surface area contributed by atoms with E-state index in [1.165, 1.54) is 7.11 Å². The minimum atomic E-state index is -0.450. The Morgan fingerprint density at radius 3 is 2.47 bits per heavy atom. The van der Waals surface area contributed by atoms with Crippen molar-refractivity contribution in [2.45, 2.75) is 33.7 Å². The summed E-state index contributed by atoms with van der Waals surface area (Å²) < 4.78 is 4.69. The highest BCUT2D eigenvalue weighted by Crippen LogP contribution is 2.24. The molecule has 0 radical (unpaired) electrons. The molecule has 106 valence electrons. The van der Waals surface area contributed by atoms with Crippen LogP contribution in [-0.4, -0.2) is 30.6 Å². The number of ether oxygens (including phenoxy) is 1. The molecule has 0 unspecified atom stereocenters. The van der Waals surface area contributed by atoms with Crippen molar-refractivity contribution in [1.82, 2.24) is 4.98 Å². The first-order chi connectivity index (χ1) is 8.86. The maximum absolute atomic E-state index is 11.5. The van der Waals surface area contributed by atoms with Crippen LogP contribution in [0.5, 0.6) is 0 Å². The highest BCUT2D eigenvalue weighted by atomic mass is 16.5. The number of anilines is 2. The van der Waals surface area contributed by atoms with Crippen molar-refractivity contribution >= 4 is 17.5 Å². The number of rotatable bonds is 5. The van der Waals surface area contributed by atoms with Gasteiger partial charge in [0, 0.05) is 12.6 Å². The van der Waals surface area contributed by atoms with E-state index in [1.807, 2.05) is 0 Å². The lowest BCUT2D eigenvalue weighted by Gasteiger charge is -2.30. The molecule has 1 rings (SSSR count). The quantitative estimate of drug-likeness (QED) is 0.827. The van der Waals surface area contributed by atoms with Gasteiger partial charge in [-0.05, 0) is 31.9 Å². The number of nitrogens with zero attached hydrogens (tertiary/aromatic N) is 2. The van der Waals surface area contributed by atoms with Crippen molar-refractivity contribution in [2.24, 2.45) is 5.92 Å². The van der Waals surface area contributed by atoms with Crippen molar-refractivity contribution in [3.8, 4) is 0 Å². The third kappa shape index (κ3) is 3.84. The van der Waals surface area contributed by atoms with Gasteiger partial charge in [0.05, 0.1) is 12.8 Å². The number of esters is 1. The first kappa shape index (κ1) is 15.3. The van der Waals surface area contributed by atoms with E-state index in [1.54, 1.807) is 12.1 Å². The second-order valence-corrected chi connectivity index (χ2v) is 5.24. The zero-order chi connectivity index (χ0) is 14.6. The van der Waals surface area contributed by atoms with Crippen LogP contribution in [0.1, 0.15) is 38.2 Å². The summed E-state index contributed by atoms with van der Waals surface area (Å²) in [4.78, 5) is 18.0. The Bertz CT molecular complexity index is 444. The van der Waals surface area contributed by atoms with Crippen LogP contribution in [0.2, 0.25) is 0 Å². The number of carbonyl (C=O) groups excluding carboxylic acids is 1. The summed E-state index contributed by atoms with van der Waals surface area (Å²) in [6, 6.07) is 3.54. The molecule has 0 aliphatic carbocycles. The van der Waals surface area contributed by atoms with E-state index >= 15 is 0 Å². The van der Waals surface area contributed by atoms with E-state index in [4.69, 9.17) is 10.5 Å². The van der Waals surface area contributed by atoms with Crippen LogP contribution in [-0.2, 0) is 4.74 Å². The number of nitrogens with two attached hydrogens (primary N) is 1. The maximum Gasteiger partial charge on any atom is 0.356 e. The lowest BCUT2D eigenvalue weighted by Crippen LogP contribution is -2.35. The largest absolute Gasteiger partial charge is 0.464 e. The first-order valence-corrected chi connectivity index (χ1v) is 6.48. The van der Waals surface area contributed by atoms with E-state index < -0.39 is 5.97 Å². The Kier molecular flexibility index (Phi) is 5.15. The van der Waals surface area contributed by atoms with Crippen LogP contribution in [0.15, 0.2) is 12.1 Å². The molecule has 19 heavy (non-hydrogen) atoms.